The number of rotatable bonds is 4. The van der Waals surface area contributed by atoms with E-state index in [2.05, 4.69) is 25.5 Å². The summed E-state index contributed by atoms with van der Waals surface area (Å²) in [6.07, 6.45) is 4.37. The highest BCUT2D eigenvalue weighted by Gasteiger charge is 2.27. The van der Waals surface area contributed by atoms with E-state index in [-0.39, 0.29) is 0 Å². The van der Waals surface area contributed by atoms with Crippen molar-refractivity contribution in [3.63, 3.8) is 0 Å². The average molecular weight is 341 g/mol. The first-order valence-corrected chi connectivity index (χ1v) is 8.76. The molecule has 8 nitrogen and oxygen atoms in total. The highest BCUT2D eigenvalue weighted by Crippen LogP contribution is 2.33. The van der Waals surface area contributed by atoms with E-state index in [0.29, 0.717) is 19.1 Å². The summed E-state index contributed by atoms with van der Waals surface area (Å²) in [6, 6.07) is 1.88. The maximum atomic E-state index is 5.50. The second kappa shape index (κ2) is 7.28. The van der Waals surface area contributed by atoms with E-state index in [9.17, 15) is 0 Å². The molecule has 0 aliphatic carbocycles. The second-order valence-corrected chi connectivity index (χ2v) is 6.26. The van der Waals surface area contributed by atoms with Gasteiger partial charge in [0.05, 0.1) is 24.6 Å². The lowest BCUT2D eigenvalue weighted by atomic mass is 10.0. The molecule has 0 bridgehead atoms. The molecule has 2 saturated heterocycles. The van der Waals surface area contributed by atoms with Gasteiger partial charge in [0.15, 0.2) is 5.82 Å². The SMILES string of the molecule is CNc1nc(-c2ccncn2)c(N2CCOCC2)nc1C1CCNC1. The van der Waals surface area contributed by atoms with Gasteiger partial charge in [0.1, 0.15) is 17.8 Å². The summed E-state index contributed by atoms with van der Waals surface area (Å²) < 4.78 is 5.50. The minimum atomic E-state index is 0.384. The van der Waals surface area contributed by atoms with E-state index in [0.717, 1.165) is 61.3 Å². The van der Waals surface area contributed by atoms with Crippen molar-refractivity contribution in [2.24, 2.45) is 0 Å². The van der Waals surface area contributed by atoms with Crippen LogP contribution in [-0.2, 0) is 4.74 Å². The van der Waals surface area contributed by atoms with E-state index in [1.807, 2.05) is 13.1 Å². The van der Waals surface area contributed by atoms with Crippen molar-refractivity contribution in [2.75, 3.05) is 56.7 Å². The Morgan fingerprint density at radius 1 is 1.28 bits per heavy atom. The molecule has 25 heavy (non-hydrogen) atoms. The third-order valence-electron chi connectivity index (χ3n) is 4.72. The molecule has 2 N–H and O–H groups in total. The average Bonchev–Trinajstić information content (AvgIpc) is 3.23. The predicted molar refractivity (Wildman–Crippen MR) is 95.9 cm³/mol. The fourth-order valence-electron chi connectivity index (χ4n) is 3.39. The quantitative estimate of drug-likeness (QED) is 0.848. The molecule has 4 rings (SSSR count). The van der Waals surface area contributed by atoms with Crippen LogP contribution < -0.4 is 15.5 Å². The number of morpholine rings is 1. The van der Waals surface area contributed by atoms with Gasteiger partial charge in [0.2, 0.25) is 0 Å². The van der Waals surface area contributed by atoms with Gasteiger partial charge < -0.3 is 20.3 Å². The summed E-state index contributed by atoms with van der Waals surface area (Å²) >= 11 is 0. The number of ether oxygens (including phenoxy) is 1. The third kappa shape index (κ3) is 3.27. The predicted octanol–water partition coefficient (Wildman–Crippen LogP) is 0.889. The maximum Gasteiger partial charge on any atom is 0.157 e. The van der Waals surface area contributed by atoms with Crippen LogP contribution in [0.1, 0.15) is 18.0 Å². The molecule has 2 aliphatic rings. The first kappa shape index (κ1) is 16.2. The molecule has 0 aromatic carbocycles. The summed E-state index contributed by atoms with van der Waals surface area (Å²) in [5, 5.41) is 6.64. The van der Waals surface area contributed by atoms with Crippen LogP contribution in [0.2, 0.25) is 0 Å². The zero-order valence-corrected chi connectivity index (χ0v) is 14.4. The van der Waals surface area contributed by atoms with Crippen LogP contribution in [-0.4, -0.2) is 66.4 Å². The van der Waals surface area contributed by atoms with Crippen LogP contribution in [0.3, 0.4) is 0 Å². The summed E-state index contributed by atoms with van der Waals surface area (Å²) in [5.41, 5.74) is 2.62. The fraction of sp³-hybridized carbons (Fsp3) is 0.529. The molecule has 0 spiro atoms. The molecule has 2 aromatic heterocycles. The Bertz CT molecular complexity index is 712. The second-order valence-electron chi connectivity index (χ2n) is 6.26. The number of anilines is 2. The lowest BCUT2D eigenvalue weighted by Gasteiger charge is -2.30. The van der Waals surface area contributed by atoms with Crippen molar-refractivity contribution in [1.82, 2.24) is 25.3 Å². The molecule has 2 aromatic rings. The van der Waals surface area contributed by atoms with E-state index < -0.39 is 0 Å². The largest absolute Gasteiger partial charge is 0.378 e. The number of aromatic nitrogens is 4. The van der Waals surface area contributed by atoms with Crippen LogP contribution in [0.15, 0.2) is 18.6 Å². The van der Waals surface area contributed by atoms with Crippen molar-refractivity contribution in [3.05, 3.63) is 24.3 Å². The summed E-state index contributed by atoms with van der Waals surface area (Å²) in [4.78, 5) is 20.6. The van der Waals surface area contributed by atoms with Crippen LogP contribution in [0, 0.1) is 0 Å². The monoisotopic (exact) mass is 341 g/mol. The van der Waals surface area contributed by atoms with Gasteiger partial charge >= 0.3 is 0 Å². The van der Waals surface area contributed by atoms with E-state index >= 15 is 0 Å². The van der Waals surface area contributed by atoms with Gasteiger partial charge in [-0.15, -0.1) is 0 Å². The molecule has 0 amide bonds. The number of hydrogen-bond acceptors (Lipinski definition) is 8. The molecule has 2 fully saturated rings. The van der Waals surface area contributed by atoms with Crippen LogP contribution in [0.5, 0.6) is 0 Å². The van der Waals surface area contributed by atoms with Crippen molar-refractivity contribution >= 4 is 11.6 Å². The third-order valence-corrected chi connectivity index (χ3v) is 4.72. The first-order chi connectivity index (χ1) is 12.4. The van der Waals surface area contributed by atoms with Crippen molar-refractivity contribution in [1.29, 1.82) is 0 Å². The van der Waals surface area contributed by atoms with Crippen molar-refractivity contribution in [2.45, 2.75) is 12.3 Å². The molecular weight excluding hydrogens is 318 g/mol. The van der Waals surface area contributed by atoms with Crippen molar-refractivity contribution < 1.29 is 4.74 Å². The minimum Gasteiger partial charge on any atom is -0.378 e. The standard InChI is InChI=1S/C17H23N7O/c1-18-16-14(12-2-4-19-10-12)23-17(24-6-8-25-9-7-24)15(22-16)13-3-5-20-11-21-13/h3,5,11-12,19H,2,4,6-10H2,1H3,(H,18,22). The van der Waals surface area contributed by atoms with E-state index in [4.69, 9.17) is 14.7 Å². The highest BCUT2D eigenvalue weighted by molar-refractivity contribution is 5.72. The lowest BCUT2D eigenvalue weighted by molar-refractivity contribution is 0.122. The molecular formula is C17H23N7O. The Balaban J connectivity index is 1.83. The van der Waals surface area contributed by atoms with Gasteiger partial charge in [0.25, 0.3) is 0 Å². The number of nitrogens with zero attached hydrogens (tertiary/aromatic N) is 5. The lowest BCUT2D eigenvalue weighted by Crippen LogP contribution is -2.37. The molecule has 132 valence electrons. The van der Waals surface area contributed by atoms with Crippen molar-refractivity contribution in [3.8, 4) is 11.4 Å². The normalized spacial score (nSPS) is 20.7. The zero-order chi connectivity index (χ0) is 17.1. The molecule has 0 saturated carbocycles. The molecule has 1 unspecified atom stereocenters. The van der Waals surface area contributed by atoms with Crippen LogP contribution in [0.4, 0.5) is 11.6 Å². The summed E-state index contributed by atoms with van der Waals surface area (Å²) in [5.74, 6) is 2.11. The highest BCUT2D eigenvalue weighted by atomic mass is 16.5. The fourth-order valence-corrected chi connectivity index (χ4v) is 3.39. The topological polar surface area (TPSA) is 88.1 Å². The first-order valence-electron chi connectivity index (χ1n) is 8.76. The number of hydrogen-bond donors (Lipinski definition) is 2. The molecule has 8 heteroatoms. The molecule has 4 heterocycles. The Hall–Kier alpha value is -2.32. The minimum absolute atomic E-state index is 0.384. The van der Waals surface area contributed by atoms with E-state index in [1.165, 1.54) is 0 Å². The number of nitrogens with one attached hydrogen (secondary N) is 2. The Kier molecular flexibility index (Phi) is 4.71. The Morgan fingerprint density at radius 2 is 2.16 bits per heavy atom. The van der Waals surface area contributed by atoms with Gasteiger partial charge in [-0.2, -0.15) is 0 Å². The van der Waals surface area contributed by atoms with Gasteiger partial charge in [-0.3, -0.25) is 0 Å². The molecule has 0 radical (unpaired) electrons. The van der Waals surface area contributed by atoms with E-state index in [1.54, 1.807) is 12.5 Å². The summed E-state index contributed by atoms with van der Waals surface area (Å²) in [6.45, 7) is 5.01. The maximum absolute atomic E-state index is 5.50. The van der Waals surface area contributed by atoms with Gasteiger partial charge in [-0.05, 0) is 19.0 Å². The molecule has 1 atom stereocenters. The molecule has 2 aliphatic heterocycles. The zero-order valence-electron chi connectivity index (χ0n) is 14.4. The Morgan fingerprint density at radius 3 is 2.84 bits per heavy atom. The van der Waals surface area contributed by atoms with Gasteiger partial charge in [0, 0.05) is 38.8 Å². The van der Waals surface area contributed by atoms with Gasteiger partial charge in [-0.1, -0.05) is 0 Å². The van der Waals surface area contributed by atoms with Gasteiger partial charge in [-0.25, -0.2) is 19.9 Å². The smallest absolute Gasteiger partial charge is 0.157 e. The van der Waals surface area contributed by atoms with Crippen LogP contribution >= 0.6 is 0 Å². The summed E-state index contributed by atoms with van der Waals surface area (Å²) in [7, 11) is 1.90. The Labute approximate surface area is 147 Å². The van der Waals surface area contributed by atoms with Crippen LogP contribution in [0.25, 0.3) is 11.4 Å².